The Morgan fingerprint density at radius 1 is 0.893 bits per heavy atom. The average Bonchev–Trinajstić information content (AvgIpc) is 2.50. The molecule has 0 saturated heterocycles. The standard InChI is InChI=1S/C18H22F6O4/c1-10(2)13(25)27-15(5)8-6-12(7-9-15)16(17(19,20)21,18(22,23)24)28-14(26)11(3)4/h12H,1,3,6-9H2,2,4-5H3/t12-,15-. The summed E-state index contributed by atoms with van der Waals surface area (Å²) in [6, 6.07) is 0. The highest BCUT2D eigenvalue weighted by Crippen LogP contribution is 2.55. The van der Waals surface area contributed by atoms with Gasteiger partial charge in [-0.2, -0.15) is 26.3 Å². The molecule has 0 heterocycles. The van der Waals surface area contributed by atoms with Gasteiger partial charge >= 0.3 is 29.9 Å². The molecule has 0 unspecified atom stereocenters. The first kappa shape index (κ1) is 24.0. The molecular formula is C18H22F6O4. The monoisotopic (exact) mass is 416 g/mol. The van der Waals surface area contributed by atoms with Gasteiger partial charge in [0.1, 0.15) is 5.60 Å². The van der Waals surface area contributed by atoms with Gasteiger partial charge in [0.25, 0.3) is 0 Å². The number of alkyl halides is 6. The highest BCUT2D eigenvalue weighted by Gasteiger charge is 2.77. The first-order chi connectivity index (χ1) is 12.5. The molecule has 1 aliphatic carbocycles. The third-order valence-corrected chi connectivity index (χ3v) is 4.75. The van der Waals surface area contributed by atoms with Gasteiger partial charge in [-0.15, -0.1) is 0 Å². The molecule has 160 valence electrons. The zero-order valence-electron chi connectivity index (χ0n) is 15.7. The van der Waals surface area contributed by atoms with Gasteiger partial charge in [0.2, 0.25) is 0 Å². The van der Waals surface area contributed by atoms with Crippen molar-refractivity contribution in [2.45, 2.75) is 70.0 Å². The number of ether oxygens (including phenoxy) is 2. The van der Waals surface area contributed by atoms with Crippen LogP contribution in [0.4, 0.5) is 26.3 Å². The van der Waals surface area contributed by atoms with Crippen molar-refractivity contribution in [3.8, 4) is 0 Å². The molecule has 10 heteroatoms. The Morgan fingerprint density at radius 3 is 1.61 bits per heavy atom. The Morgan fingerprint density at radius 2 is 1.29 bits per heavy atom. The van der Waals surface area contributed by atoms with Crippen molar-refractivity contribution in [3.63, 3.8) is 0 Å². The Kier molecular flexibility index (Phi) is 6.69. The summed E-state index contributed by atoms with van der Waals surface area (Å²) in [4.78, 5) is 23.3. The van der Waals surface area contributed by atoms with E-state index < -0.39 is 59.8 Å². The summed E-state index contributed by atoms with van der Waals surface area (Å²) in [6.45, 7) is 10.2. The maximum atomic E-state index is 13.7. The zero-order chi connectivity index (χ0) is 22.1. The minimum absolute atomic E-state index is 0.0543. The Balaban J connectivity index is 3.24. The van der Waals surface area contributed by atoms with E-state index in [2.05, 4.69) is 17.9 Å². The third kappa shape index (κ3) is 4.70. The van der Waals surface area contributed by atoms with Crippen LogP contribution in [0.25, 0.3) is 0 Å². The number of hydrogen-bond donors (Lipinski definition) is 0. The van der Waals surface area contributed by atoms with Crippen molar-refractivity contribution in [1.29, 1.82) is 0 Å². The number of carbonyl (C=O) groups is 2. The first-order valence-corrected chi connectivity index (χ1v) is 8.38. The maximum Gasteiger partial charge on any atom is 0.437 e. The van der Waals surface area contributed by atoms with Crippen molar-refractivity contribution in [3.05, 3.63) is 24.3 Å². The number of esters is 2. The molecule has 0 aromatic rings. The van der Waals surface area contributed by atoms with Gasteiger partial charge in [-0.05, 0) is 46.5 Å². The summed E-state index contributed by atoms with van der Waals surface area (Å²) in [5.41, 5.74) is -6.45. The van der Waals surface area contributed by atoms with E-state index in [9.17, 15) is 35.9 Å². The molecule has 1 fully saturated rings. The lowest BCUT2D eigenvalue weighted by Crippen LogP contribution is -2.65. The minimum Gasteiger partial charge on any atom is -0.456 e. The molecule has 1 aliphatic rings. The molecular weight excluding hydrogens is 394 g/mol. The highest BCUT2D eigenvalue weighted by molar-refractivity contribution is 5.87. The molecule has 0 aromatic heterocycles. The summed E-state index contributed by atoms with van der Waals surface area (Å²) >= 11 is 0. The van der Waals surface area contributed by atoms with E-state index in [-0.39, 0.29) is 18.4 Å². The highest BCUT2D eigenvalue weighted by atomic mass is 19.4. The van der Waals surface area contributed by atoms with Crippen LogP contribution in [0.15, 0.2) is 24.3 Å². The second kappa shape index (κ2) is 7.79. The molecule has 0 aliphatic heterocycles. The maximum absolute atomic E-state index is 13.7. The van der Waals surface area contributed by atoms with Crippen LogP contribution in [0, 0.1) is 5.92 Å². The van der Waals surface area contributed by atoms with Crippen LogP contribution in [0.3, 0.4) is 0 Å². The van der Waals surface area contributed by atoms with Crippen LogP contribution in [0.1, 0.15) is 46.5 Å². The number of carbonyl (C=O) groups excluding carboxylic acids is 2. The summed E-state index contributed by atoms with van der Waals surface area (Å²) in [6.07, 6.45) is -13.6. The van der Waals surface area contributed by atoms with Crippen LogP contribution < -0.4 is 0 Å². The molecule has 4 nitrogen and oxygen atoms in total. The fourth-order valence-electron chi connectivity index (χ4n) is 3.10. The van der Waals surface area contributed by atoms with Crippen LogP contribution in [-0.2, 0) is 19.1 Å². The normalized spacial score (nSPS) is 23.7. The lowest BCUT2D eigenvalue weighted by Gasteiger charge is -2.46. The quantitative estimate of drug-likeness (QED) is 0.358. The molecule has 1 rings (SSSR count). The molecule has 0 amide bonds. The van der Waals surface area contributed by atoms with Gasteiger partial charge in [-0.25, -0.2) is 9.59 Å². The van der Waals surface area contributed by atoms with Crippen molar-refractivity contribution < 1.29 is 45.4 Å². The largest absolute Gasteiger partial charge is 0.456 e. The third-order valence-electron chi connectivity index (χ3n) is 4.75. The van der Waals surface area contributed by atoms with Crippen LogP contribution in [0.2, 0.25) is 0 Å². The molecule has 1 saturated carbocycles. The van der Waals surface area contributed by atoms with Crippen LogP contribution >= 0.6 is 0 Å². The van der Waals surface area contributed by atoms with Crippen molar-refractivity contribution in [2.75, 3.05) is 0 Å². The Labute approximate surface area is 158 Å². The predicted molar refractivity (Wildman–Crippen MR) is 87.0 cm³/mol. The second-order valence-corrected chi connectivity index (χ2v) is 7.30. The van der Waals surface area contributed by atoms with Crippen molar-refractivity contribution in [1.82, 2.24) is 0 Å². The van der Waals surface area contributed by atoms with Gasteiger partial charge in [-0.3, -0.25) is 0 Å². The second-order valence-electron chi connectivity index (χ2n) is 7.30. The molecule has 0 spiro atoms. The van der Waals surface area contributed by atoms with Crippen molar-refractivity contribution in [2.24, 2.45) is 5.92 Å². The fourth-order valence-corrected chi connectivity index (χ4v) is 3.10. The molecule has 28 heavy (non-hydrogen) atoms. The number of halogens is 6. The average molecular weight is 416 g/mol. The van der Waals surface area contributed by atoms with E-state index >= 15 is 0 Å². The molecule has 0 aromatic carbocycles. The lowest BCUT2D eigenvalue weighted by atomic mass is 9.71. The van der Waals surface area contributed by atoms with E-state index in [0.717, 1.165) is 6.92 Å². The van der Waals surface area contributed by atoms with Crippen LogP contribution in [-0.4, -0.2) is 35.5 Å². The Bertz CT molecular complexity index is 640. The van der Waals surface area contributed by atoms with E-state index in [0.29, 0.717) is 0 Å². The fraction of sp³-hybridized carbons (Fsp3) is 0.667. The SMILES string of the molecule is C=C(C)C(=O)OC([C@H]1CC[C@](C)(OC(=O)C(=C)C)CC1)(C(F)(F)F)C(F)(F)F. The minimum atomic E-state index is -5.90. The van der Waals surface area contributed by atoms with E-state index in [4.69, 9.17) is 4.74 Å². The zero-order valence-corrected chi connectivity index (χ0v) is 15.7. The predicted octanol–water partition coefficient (Wildman–Crippen LogP) is 5.04. The molecule has 0 N–H and O–H groups in total. The topological polar surface area (TPSA) is 52.6 Å². The van der Waals surface area contributed by atoms with Crippen molar-refractivity contribution >= 4 is 11.9 Å². The van der Waals surface area contributed by atoms with E-state index in [1.54, 1.807) is 0 Å². The van der Waals surface area contributed by atoms with Gasteiger partial charge in [-0.1, -0.05) is 13.2 Å². The molecule has 0 atom stereocenters. The number of rotatable bonds is 5. The van der Waals surface area contributed by atoms with Gasteiger partial charge in [0.05, 0.1) is 0 Å². The lowest BCUT2D eigenvalue weighted by molar-refractivity contribution is -0.388. The van der Waals surface area contributed by atoms with Gasteiger partial charge in [0.15, 0.2) is 0 Å². The summed E-state index contributed by atoms with van der Waals surface area (Å²) in [7, 11) is 0. The smallest absolute Gasteiger partial charge is 0.437 e. The molecule has 0 bridgehead atoms. The van der Waals surface area contributed by atoms with E-state index in [1.165, 1.54) is 13.8 Å². The first-order valence-electron chi connectivity index (χ1n) is 8.38. The van der Waals surface area contributed by atoms with Gasteiger partial charge in [0, 0.05) is 17.1 Å². The number of hydrogen-bond acceptors (Lipinski definition) is 4. The molecule has 0 radical (unpaired) electrons. The van der Waals surface area contributed by atoms with Crippen LogP contribution in [0.5, 0.6) is 0 Å². The summed E-state index contributed by atoms with van der Waals surface area (Å²) in [5, 5.41) is 0. The Hall–Kier alpha value is -2.00. The summed E-state index contributed by atoms with van der Waals surface area (Å²) < 4.78 is 91.2. The van der Waals surface area contributed by atoms with Gasteiger partial charge < -0.3 is 9.47 Å². The summed E-state index contributed by atoms with van der Waals surface area (Å²) in [5.74, 6) is -4.66. The van der Waals surface area contributed by atoms with E-state index in [1.807, 2.05) is 0 Å².